The van der Waals surface area contributed by atoms with Crippen molar-refractivity contribution in [3.05, 3.63) is 0 Å². The minimum absolute atomic E-state index is 3.50. The Balaban J connectivity index is -0.0000000771. The Kier molecular flexibility index (Phi) is 17.6. The fourth-order valence-corrected chi connectivity index (χ4v) is 0. The topological polar surface area (TPSA) is 128 Å². The van der Waals surface area contributed by atoms with Crippen molar-refractivity contribution in [3.63, 3.8) is 0 Å². The molecule has 0 amide bonds. The molecule has 0 spiro atoms. The van der Waals surface area contributed by atoms with Crippen LogP contribution in [0.3, 0.4) is 0 Å². The van der Waals surface area contributed by atoms with Crippen LogP contribution in [-0.2, 0) is 0 Å². The lowest BCUT2D eigenvalue weighted by Crippen LogP contribution is -2.33. The van der Waals surface area contributed by atoms with Crippen LogP contribution in [0.15, 0.2) is 0 Å². The largest absolute Gasteiger partial charge is 0.668 e. The van der Waals surface area contributed by atoms with Gasteiger partial charge in [-0.3, -0.25) is 0 Å². The highest BCUT2D eigenvalue weighted by Gasteiger charge is 2.22. The van der Waals surface area contributed by atoms with E-state index >= 15 is 0 Å². The number of hydrogen-bond donors (Lipinski definition) is 4. The van der Waals surface area contributed by atoms with Gasteiger partial charge in [0.2, 0.25) is 0 Å². The summed E-state index contributed by atoms with van der Waals surface area (Å²) in [7, 11) is -4.61. The maximum Gasteiger partial charge on any atom is 0.668 e. The van der Waals surface area contributed by atoms with Crippen LogP contribution < -0.4 is 0 Å². The zero-order valence-corrected chi connectivity index (χ0v) is 5.34. The van der Waals surface area contributed by atoms with Gasteiger partial charge in [-0.15, -0.1) is 0 Å². The Morgan fingerprint density at radius 1 is 0.778 bits per heavy atom. The van der Waals surface area contributed by atoms with Crippen LogP contribution in [0.2, 0.25) is 0 Å². The van der Waals surface area contributed by atoms with Crippen molar-refractivity contribution in [3.8, 4) is 13.1 Å². The number of nitrogens with zero attached hydrogens (tertiary/aromatic N) is 2. The summed E-state index contributed by atoms with van der Waals surface area (Å²) in [6.45, 7) is 7.00. The molecule has 4 N–H and O–H groups in total. The molecule has 52 valence electrons. The normalized spacial score (nSPS) is 7.11. The molecule has 6 nitrogen and oxygen atoms in total. The van der Waals surface area contributed by atoms with Crippen LogP contribution >= 0.6 is 0 Å². The first kappa shape index (κ1) is 15.7. The van der Waals surface area contributed by atoms with E-state index < -0.39 is 9.05 Å². The molecule has 0 aliphatic heterocycles. The lowest BCUT2D eigenvalue weighted by atomic mass is 11.9. The average molecular weight is 150 g/mol. The Labute approximate surface area is 53.0 Å². The highest BCUT2D eigenvalue weighted by molar-refractivity contribution is 6.46. The summed E-state index contributed by atoms with van der Waals surface area (Å²) in [5.74, 6) is 0. The van der Waals surface area contributed by atoms with E-state index in [1.807, 2.05) is 0 Å². The summed E-state index contributed by atoms with van der Waals surface area (Å²) < 4.78 is 0. The SMILES string of the molecule is C#N.C#N.O[Si](O)(O)O. The van der Waals surface area contributed by atoms with E-state index in [2.05, 4.69) is 13.1 Å². The zero-order chi connectivity index (χ0) is 8.50. The Hall–Kier alpha value is -0.963. The smallest absolute Gasteiger partial charge is 0.368 e. The Morgan fingerprint density at radius 3 is 0.778 bits per heavy atom. The van der Waals surface area contributed by atoms with Crippen molar-refractivity contribution in [1.29, 1.82) is 10.5 Å². The van der Waals surface area contributed by atoms with Gasteiger partial charge >= 0.3 is 9.05 Å². The lowest BCUT2D eigenvalue weighted by molar-refractivity contribution is 0.117. The van der Waals surface area contributed by atoms with E-state index in [0.717, 1.165) is 0 Å². The summed E-state index contributed by atoms with van der Waals surface area (Å²) in [6, 6.07) is 0. The maximum atomic E-state index is 7.33. The molecule has 0 heterocycles. The van der Waals surface area contributed by atoms with E-state index in [4.69, 9.17) is 29.7 Å². The second-order valence-electron chi connectivity index (χ2n) is 0.600. The molecular weight excluding hydrogens is 144 g/mol. The molecule has 0 unspecified atom stereocenters. The molecule has 0 rings (SSSR count). The molecule has 0 aromatic rings. The number of hydrogen-bond acceptors (Lipinski definition) is 6. The quantitative estimate of drug-likeness (QED) is 0.287. The van der Waals surface area contributed by atoms with Gasteiger partial charge < -0.3 is 19.2 Å². The standard InChI is InChI=1S/2CHN.H4O4Si/c2*1-2;1-5(2,3)4/h2*1H;1-4H. The third-order valence-corrected chi connectivity index (χ3v) is 0. The van der Waals surface area contributed by atoms with Crippen molar-refractivity contribution >= 4 is 9.05 Å². The van der Waals surface area contributed by atoms with E-state index in [-0.39, 0.29) is 0 Å². The molecule has 0 aliphatic rings. The molecule has 9 heavy (non-hydrogen) atoms. The van der Waals surface area contributed by atoms with Crippen LogP contribution in [0.1, 0.15) is 0 Å². The molecule has 0 aromatic heterocycles. The lowest BCUT2D eigenvalue weighted by Gasteiger charge is -1.91. The van der Waals surface area contributed by atoms with E-state index in [1.165, 1.54) is 0 Å². The van der Waals surface area contributed by atoms with Gasteiger partial charge in [0.05, 0.1) is 0 Å². The van der Waals surface area contributed by atoms with Gasteiger partial charge in [-0.1, -0.05) is 0 Å². The highest BCUT2D eigenvalue weighted by atomic mass is 28.4. The van der Waals surface area contributed by atoms with Crippen LogP contribution in [0.5, 0.6) is 0 Å². The second kappa shape index (κ2) is 10.1. The van der Waals surface area contributed by atoms with Gasteiger partial charge in [-0.05, 0) is 0 Å². The summed E-state index contributed by atoms with van der Waals surface area (Å²) >= 11 is 0. The fourth-order valence-electron chi connectivity index (χ4n) is 0. The first-order valence-electron chi connectivity index (χ1n) is 1.41. The average Bonchev–Trinajstić information content (AvgIpc) is 1.72. The van der Waals surface area contributed by atoms with E-state index in [0.29, 0.717) is 0 Å². The van der Waals surface area contributed by atoms with Gasteiger partial charge in [0.1, 0.15) is 0 Å². The van der Waals surface area contributed by atoms with Crippen LogP contribution in [0, 0.1) is 23.7 Å². The van der Waals surface area contributed by atoms with Gasteiger partial charge in [-0.25, -0.2) is 10.5 Å². The van der Waals surface area contributed by atoms with Crippen molar-refractivity contribution in [2.45, 2.75) is 0 Å². The minimum atomic E-state index is -4.61. The maximum absolute atomic E-state index is 7.33. The van der Waals surface area contributed by atoms with Crippen molar-refractivity contribution in [2.24, 2.45) is 0 Å². The van der Waals surface area contributed by atoms with Gasteiger partial charge in [-0.2, -0.15) is 0 Å². The fraction of sp³-hybridized carbons (Fsp3) is 0. The van der Waals surface area contributed by atoms with Crippen molar-refractivity contribution < 1.29 is 19.2 Å². The molecular formula is C2H6N2O4Si. The molecule has 0 saturated carbocycles. The third-order valence-electron chi connectivity index (χ3n) is 0. The minimum Gasteiger partial charge on any atom is -0.368 e. The first-order chi connectivity index (χ1) is 4.00. The van der Waals surface area contributed by atoms with Gasteiger partial charge in [0, 0.05) is 13.1 Å². The molecule has 0 saturated heterocycles. The summed E-state index contributed by atoms with van der Waals surface area (Å²) in [5, 5.41) is 13.0. The Bertz CT molecular complexity index is 71.5. The summed E-state index contributed by atoms with van der Waals surface area (Å²) in [6.07, 6.45) is 0. The molecule has 0 aliphatic carbocycles. The van der Waals surface area contributed by atoms with Gasteiger partial charge in [0.25, 0.3) is 0 Å². The first-order valence-corrected chi connectivity index (χ1v) is 3.20. The third kappa shape index (κ3) is 192. The molecule has 7 heteroatoms. The number of rotatable bonds is 0. The summed E-state index contributed by atoms with van der Waals surface area (Å²) in [5.41, 5.74) is 0. The van der Waals surface area contributed by atoms with Crippen molar-refractivity contribution in [1.82, 2.24) is 0 Å². The van der Waals surface area contributed by atoms with Crippen molar-refractivity contribution in [2.75, 3.05) is 0 Å². The molecule has 0 fully saturated rings. The Morgan fingerprint density at radius 2 is 0.778 bits per heavy atom. The monoisotopic (exact) mass is 150 g/mol. The second-order valence-corrected chi connectivity index (χ2v) is 1.80. The van der Waals surface area contributed by atoms with Gasteiger partial charge in [0.15, 0.2) is 0 Å². The predicted molar refractivity (Wildman–Crippen MR) is 28.0 cm³/mol. The molecule has 0 aromatic carbocycles. The number of nitriles is 2. The van der Waals surface area contributed by atoms with Crippen LogP contribution in [0.4, 0.5) is 0 Å². The van der Waals surface area contributed by atoms with E-state index in [9.17, 15) is 0 Å². The van der Waals surface area contributed by atoms with E-state index in [1.54, 1.807) is 0 Å². The molecule has 0 bridgehead atoms. The van der Waals surface area contributed by atoms with Crippen LogP contribution in [0.25, 0.3) is 0 Å². The zero-order valence-electron chi connectivity index (χ0n) is 4.34. The summed E-state index contributed by atoms with van der Waals surface area (Å²) in [4.78, 5) is 29.3. The molecule has 0 atom stereocenters. The molecule has 0 radical (unpaired) electrons. The highest BCUT2D eigenvalue weighted by Crippen LogP contribution is 1.67. The predicted octanol–water partition coefficient (Wildman–Crippen LogP) is -2.33. The van der Waals surface area contributed by atoms with Crippen LogP contribution in [-0.4, -0.2) is 28.2 Å².